The molecule has 1 N–H and O–H groups in total. The minimum atomic E-state index is -0.589. The van der Waals surface area contributed by atoms with Crippen LogP contribution in [0.2, 0.25) is 5.15 Å². The second-order valence-corrected chi connectivity index (χ2v) is 5.19. The van der Waals surface area contributed by atoms with Crippen molar-refractivity contribution in [1.82, 2.24) is 15.2 Å². The number of anilines is 2. The van der Waals surface area contributed by atoms with Crippen LogP contribution in [0.1, 0.15) is 31.3 Å². The van der Waals surface area contributed by atoms with Crippen LogP contribution in [0.4, 0.5) is 11.5 Å². The van der Waals surface area contributed by atoms with Crippen LogP contribution in [-0.2, 0) is 4.74 Å². The van der Waals surface area contributed by atoms with Gasteiger partial charge in [-0.2, -0.15) is 4.98 Å². The molecular formula is C15H17ClN4O3. The van der Waals surface area contributed by atoms with Gasteiger partial charge >= 0.3 is 5.97 Å². The van der Waals surface area contributed by atoms with Crippen LogP contribution in [0.15, 0.2) is 24.3 Å². The number of carbonyl (C=O) groups excluding carboxylic acids is 1. The average Bonchev–Trinajstić information content (AvgIpc) is 2.47. The van der Waals surface area contributed by atoms with Gasteiger partial charge < -0.3 is 14.8 Å². The van der Waals surface area contributed by atoms with E-state index in [0.717, 1.165) is 0 Å². The van der Waals surface area contributed by atoms with E-state index in [4.69, 9.17) is 21.1 Å². The number of hydrogen-bond donors (Lipinski definition) is 1. The van der Waals surface area contributed by atoms with Crippen LogP contribution in [-0.4, -0.2) is 33.9 Å². The molecule has 0 aliphatic heterocycles. The summed E-state index contributed by atoms with van der Waals surface area (Å²) in [6.45, 7) is 5.77. The van der Waals surface area contributed by atoms with E-state index in [-0.39, 0.29) is 23.6 Å². The average molecular weight is 337 g/mol. The third kappa shape index (κ3) is 4.79. The predicted octanol–water partition coefficient (Wildman–Crippen LogP) is 3.23. The topological polar surface area (TPSA) is 86.2 Å². The Hall–Kier alpha value is -2.41. The highest BCUT2D eigenvalue weighted by atomic mass is 35.5. The van der Waals surface area contributed by atoms with Crippen molar-refractivity contribution in [3.8, 4) is 5.88 Å². The van der Waals surface area contributed by atoms with Gasteiger partial charge in [-0.25, -0.2) is 4.79 Å². The fourth-order valence-corrected chi connectivity index (χ4v) is 1.89. The Morgan fingerprint density at radius 3 is 2.83 bits per heavy atom. The van der Waals surface area contributed by atoms with E-state index in [0.29, 0.717) is 17.4 Å². The molecule has 23 heavy (non-hydrogen) atoms. The van der Waals surface area contributed by atoms with Crippen molar-refractivity contribution < 1.29 is 14.3 Å². The van der Waals surface area contributed by atoms with E-state index >= 15 is 0 Å². The van der Waals surface area contributed by atoms with E-state index in [9.17, 15) is 4.79 Å². The summed E-state index contributed by atoms with van der Waals surface area (Å²) >= 11 is 5.85. The van der Waals surface area contributed by atoms with Gasteiger partial charge in [0.1, 0.15) is 5.82 Å². The first-order valence-electron chi connectivity index (χ1n) is 7.10. The summed E-state index contributed by atoms with van der Waals surface area (Å²) < 4.78 is 10.5. The number of nitrogens with zero attached hydrogens (tertiary/aromatic N) is 3. The molecule has 0 saturated carbocycles. The molecule has 0 radical (unpaired) electrons. The number of aromatic nitrogens is 3. The molecule has 122 valence electrons. The SMILES string of the molecule is CCOC(=O)c1nnc(Cl)cc1Nc1cccc(OC(C)C)n1. The smallest absolute Gasteiger partial charge is 0.361 e. The number of rotatable bonds is 6. The highest BCUT2D eigenvalue weighted by molar-refractivity contribution is 6.29. The molecule has 0 fully saturated rings. The van der Waals surface area contributed by atoms with Gasteiger partial charge in [-0.3, -0.25) is 0 Å². The molecule has 2 heterocycles. The van der Waals surface area contributed by atoms with Crippen molar-refractivity contribution in [3.63, 3.8) is 0 Å². The van der Waals surface area contributed by atoms with E-state index < -0.39 is 5.97 Å². The van der Waals surface area contributed by atoms with Gasteiger partial charge in [-0.1, -0.05) is 17.7 Å². The zero-order valence-electron chi connectivity index (χ0n) is 13.0. The van der Waals surface area contributed by atoms with Crippen molar-refractivity contribution in [1.29, 1.82) is 0 Å². The molecule has 0 aliphatic carbocycles. The first-order chi connectivity index (χ1) is 11.0. The first-order valence-corrected chi connectivity index (χ1v) is 7.48. The lowest BCUT2D eigenvalue weighted by Gasteiger charge is -2.12. The standard InChI is InChI=1S/C15H17ClN4O3/c1-4-22-15(21)14-10(8-11(16)19-20-14)17-12-6-5-7-13(18-12)23-9(2)3/h5-9H,4H2,1-3H3,(H,17,18,19). The molecule has 8 heteroatoms. The Bertz CT molecular complexity index is 694. The number of pyridine rings is 1. The van der Waals surface area contributed by atoms with Gasteiger partial charge in [0.25, 0.3) is 0 Å². The second-order valence-electron chi connectivity index (χ2n) is 4.80. The lowest BCUT2D eigenvalue weighted by molar-refractivity contribution is 0.0519. The Labute approximate surface area is 139 Å². The van der Waals surface area contributed by atoms with Crippen molar-refractivity contribution in [2.75, 3.05) is 11.9 Å². The summed E-state index contributed by atoms with van der Waals surface area (Å²) in [5.41, 5.74) is 0.394. The molecule has 0 atom stereocenters. The molecule has 0 saturated heterocycles. The third-order valence-electron chi connectivity index (χ3n) is 2.58. The summed E-state index contributed by atoms with van der Waals surface area (Å²) in [5.74, 6) is 0.363. The Kier molecular flexibility index (Phi) is 5.70. The molecule has 2 aromatic heterocycles. The minimum Gasteiger partial charge on any atom is -0.475 e. The van der Waals surface area contributed by atoms with Gasteiger partial charge in [0, 0.05) is 12.1 Å². The van der Waals surface area contributed by atoms with Crippen LogP contribution in [0.3, 0.4) is 0 Å². The van der Waals surface area contributed by atoms with Crippen LogP contribution in [0.25, 0.3) is 0 Å². The lowest BCUT2D eigenvalue weighted by atomic mass is 10.3. The Morgan fingerprint density at radius 1 is 1.35 bits per heavy atom. The summed E-state index contributed by atoms with van der Waals surface area (Å²) in [6, 6.07) is 6.75. The van der Waals surface area contributed by atoms with Crippen molar-refractivity contribution in [2.45, 2.75) is 26.9 Å². The van der Waals surface area contributed by atoms with Crippen molar-refractivity contribution in [3.05, 3.63) is 35.1 Å². The van der Waals surface area contributed by atoms with Crippen LogP contribution < -0.4 is 10.1 Å². The first kappa shape index (κ1) is 17.0. The fourth-order valence-electron chi connectivity index (χ4n) is 1.74. The summed E-state index contributed by atoms with van der Waals surface area (Å²) in [6.07, 6.45) is 0.00452. The van der Waals surface area contributed by atoms with E-state index in [1.54, 1.807) is 25.1 Å². The van der Waals surface area contributed by atoms with Crippen molar-refractivity contribution in [2.24, 2.45) is 0 Å². The Morgan fingerprint density at radius 2 is 2.13 bits per heavy atom. The maximum Gasteiger partial charge on any atom is 0.361 e. The fraction of sp³-hybridized carbons (Fsp3) is 0.333. The van der Waals surface area contributed by atoms with Crippen molar-refractivity contribution >= 4 is 29.1 Å². The Balaban J connectivity index is 2.28. The van der Waals surface area contributed by atoms with Gasteiger partial charge in [0.15, 0.2) is 10.8 Å². The normalized spacial score (nSPS) is 10.5. The molecular weight excluding hydrogens is 320 g/mol. The largest absolute Gasteiger partial charge is 0.475 e. The van der Waals surface area contributed by atoms with Gasteiger partial charge in [-0.15, -0.1) is 10.2 Å². The number of nitrogens with one attached hydrogen (secondary N) is 1. The molecule has 2 rings (SSSR count). The molecule has 0 amide bonds. The summed E-state index contributed by atoms with van der Waals surface area (Å²) in [4.78, 5) is 16.2. The van der Waals surface area contributed by atoms with Gasteiger partial charge in [0.05, 0.1) is 18.4 Å². The molecule has 0 bridgehead atoms. The number of hydrogen-bond acceptors (Lipinski definition) is 7. The highest BCUT2D eigenvalue weighted by Gasteiger charge is 2.17. The maximum atomic E-state index is 11.9. The molecule has 0 aliphatic rings. The molecule has 0 spiro atoms. The lowest BCUT2D eigenvalue weighted by Crippen LogP contribution is -2.12. The number of carbonyl (C=O) groups is 1. The quantitative estimate of drug-likeness (QED) is 0.810. The van der Waals surface area contributed by atoms with Gasteiger partial charge in [-0.05, 0) is 26.8 Å². The number of esters is 1. The third-order valence-corrected chi connectivity index (χ3v) is 2.76. The zero-order valence-corrected chi connectivity index (χ0v) is 13.8. The van der Waals surface area contributed by atoms with E-state index in [1.807, 2.05) is 13.8 Å². The zero-order chi connectivity index (χ0) is 16.8. The summed E-state index contributed by atoms with van der Waals surface area (Å²) in [7, 11) is 0. The number of halogens is 1. The highest BCUT2D eigenvalue weighted by Crippen LogP contribution is 2.22. The second kappa shape index (κ2) is 7.73. The molecule has 7 nitrogen and oxygen atoms in total. The van der Waals surface area contributed by atoms with E-state index in [2.05, 4.69) is 20.5 Å². The summed E-state index contributed by atoms with van der Waals surface area (Å²) in [5, 5.41) is 10.6. The minimum absolute atomic E-state index is 0.00452. The monoisotopic (exact) mass is 336 g/mol. The number of ether oxygens (including phenoxy) is 2. The van der Waals surface area contributed by atoms with E-state index in [1.165, 1.54) is 6.07 Å². The van der Waals surface area contributed by atoms with Crippen LogP contribution >= 0.6 is 11.6 Å². The molecule has 0 aromatic carbocycles. The maximum absolute atomic E-state index is 11.9. The van der Waals surface area contributed by atoms with Crippen LogP contribution in [0.5, 0.6) is 5.88 Å². The van der Waals surface area contributed by atoms with Crippen LogP contribution in [0, 0.1) is 0 Å². The van der Waals surface area contributed by atoms with Gasteiger partial charge in [0.2, 0.25) is 5.88 Å². The predicted molar refractivity (Wildman–Crippen MR) is 86.3 cm³/mol. The molecule has 0 unspecified atom stereocenters. The molecule has 2 aromatic rings.